The molecule has 0 spiro atoms. The van der Waals surface area contributed by atoms with Crippen LogP contribution in [0.2, 0.25) is 0 Å². The SMILES string of the molecule is Cc1ccc(C)c(NC(=O)CN(C)CC(=O)N(c2ccccc2)C2CCCCC2)c1. The largest absolute Gasteiger partial charge is 0.325 e. The number of carbonyl (C=O) groups is 2. The number of benzene rings is 2. The van der Waals surface area contributed by atoms with Gasteiger partial charge in [-0.05, 0) is 63.1 Å². The van der Waals surface area contributed by atoms with Crippen molar-refractivity contribution in [1.82, 2.24) is 4.90 Å². The monoisotopic (exact) mass is 407 g/mol. The van der Waals surface area contributed by atoms with Gasteiger partial charge in [-0.15, -0.1) is 0 Å². The van der Waals surface area contributed by atoms with Gasteiger partial charge < -0.3 is 10.2 Å². The minimum absolute atomic E-state index is 0.0511. The molecule has 2 aromatic rings. The average Bonchev–Trinajstić information content (AvgIpc) is 2.72. The summed E-state index contributed by atoms with van der Waals surface area (Å²) in [6.07, 6.45) is 5.64. The molecule has 0 unspecified atom stereocenters. The summed E-state index contributed by atoms with van der Waals surface area (Å²) in [4.78, 5) is 29.5. The van der Waals surface area contributed by atoms with Crippen LogP contribution in [0.3, 0.4) is 0 Å². The summed E-state index contributed by atoms with van der Waals surface area (Å²) < 4.78 is 0. The van der Waals surface area contributed by atoms with E-state index in [1.807, 2.05) is 74.3 Å². The lowest BCUT2D eigenvalue weighted by molar-refractivity contribution is -0.121. The topological polar surface area (TPSA) is 52.7 Å². The highest BCUT2D eigenvalue weighted by molar-refractivity contribution is 5.96. The molecule has 5 heteroatoms. The van der Waals surface area contributed by atoms with Gasteiger partial charge >= 0.3 is 0 Å². The zero-order valence-corrected chi connectivity index (χ0v) is 18.4. The molecular weight excluding hydrogens is 374 g/mol. The van der Waals surface area contributed by atoms with Gasteiger partial charge in [0.2, 0.25) is 11.8 Å². The Labute approximate surface area is 180 Å². The van der Waals surface area contributed by atoms with Crippen molar-refractivity contribution in [2.75, 3.05) is 30.4 Å². The third kappa shape index (κ3) is 5.92. The molecule has 2 amide bonds. The van der Waals surface area contributed by atoms with Crippen molar-refractivity contribution < 1.29 is 9.59 Å². The Morgan fingerprint density at radius 1 is 0.967 bits per heavy atom. The molecule has 30 heavy (non-hydrogen) atoms. The standard InChI is InChI=1S/C25H33N3O2/c1-19-14-15-20(2)23(16-19)26-24(29)17-27(3)18-25(30)28(21-10-6-4-7-11-21)22-12-8-5-9-13-22/h4,6-7,10-11,14-16,22H,5,8-9,12-13,17-18H2,1-3H3,(H,26,29). The van der Waals surface area contributed by atoms with E-state index in [2.05, 4.69) is 5.32 Å². The van der Waals surface area contributed by atoms with E-state index in [0.29, 0.717) is 0 Å². The Bertz CT molecular complexity index is 860. The summed E-state index contributed by atoms with van der Waals surface area (Å²) in [5.41, 5.74) is 3.90. The molecule has 0 heterocycles. The molecule has 0 aromatic heterocycles. The number of aryl methyl sites for hydroxylation is 2. The van der Waals surface area contributed by atoms with Crippen LogP contribution < -0.4 is 10.2 Å². The molecule has 1 aliphatic rings. The van der Waals surface area contributed by atoms with Crippen molar-refractivity contribution in [2.24, 2.45) is 0 Å². The first-order valence-electron chi connectivity index (χ1n) is 10.9. The highest BCUT2D eigenvalue weighted by Gasteiger charge is 2.27. The van der Waals surface area contributed by atoms with E-state index in [0.717, 1.165) is 48.2 Å². The lowest BCUT2D eigenvalue weighted by Crippen LogP contribution is -2.47. The Balaban J connectivity index is 1.63. The normalized spacial score (nSPS) is 14.5. The van der Waals surface area contributed by atoms with Crippen molar-refractivity contribution in [3.05, 3.63) is 59.7 Å². The number of rotatable bonds is 7. The van der Waals surface area contributed by atoms with Gasteiger partial charge in [-0.2, -0.15) is 0 Å². The summed E-state index contributed by atoms with van der Waals surface area (Å²) in [6.45, 7) is 4.37. The molecule has 0 saturated heterocycles. The molecular formula is C25H33N3O2. The van der Waals surface area contributed by atoms with Crippen LogP contribution in [0.5, 0.6) is 0 Å². The van der Waals surface area contributed by atoms with E-state index < -0.39 is 0 Å². The molecule has 2 aromatic carbocycles. The van der Waals surface area contributed by atoms with Crippen molar-refractivity contribution in [3.8, 4) is 0 Å². The van der Waals surface area contributed by atoms with Gasteiger partial charge in [0.15, 0.2) is 0 Å². The van der Waals surface area contributed by atoms with Gasteiger partial charge in [0.05, 0.1) is 13.1 Å². The third-order valence-electron chi connectivity index (χ3n) is 5.73. The van der Waals surface area contributed by atoms with Gasteiger partial charge in [0, 0.05) is 17.4 Å². The predicted octanol–water partition coefficient (Wildman–Crippen LogP) is 4.54. The van der Waals surface area contributed by atoms with Crippen molar-refractivity contribution in [1.29, 1.82) is 0 Å². The summed E-state index contributed by atoms with van der Waals surface area (Å²) in [6, 6.07) is 16.2. The van der Waals surface area contributed by atoms with Gasteiger partial charge in [-0.1, -0.05) is 49.6 Å². The zero-order chi connectivity index (χ0) is 21.5. The Morgan fingerprint density at radius 3 is 2.37 bits per heavy atom. The van der Waals surface area contributed by atoms with E-state index >= 15 is 0 Å². The first-order valence-corrected chi connectivity index (χ1v) is 10.9. The van der Waals surface area contributed by atoms with E-state index in [4.69, 9.17) is 0 Å². The quantitative estimate of drug-likeness (QED) is 0.733. The molecule has 0 bridgehead atoms. The van der Waals surface area contributed by atoms with Crippen LogP contribution in [0, 0.1) is 13.8 Å². The minimum Gasteiger partial charge on any atom is -0.325 e. The van der Waals surface area contributed by atoms with Crippen LogP contribution >= 0.6 is 0 Å². The van der Waals surface area contributed by atoms with Crippen molar-refractivity contribution >= 4 is 23.2 Å². The number of likely N-dealkylation sites (N-methyl/N-ethyl adjacent to an activating group) is 1. The second-order valence-corrected chi connectivity index (χ2v) is 8.43. The number of carbonyl (C=O) groups excluding carboxylic acids is 2. The molecule has 0 radical (unpaired) electrons. The van der Waals surface area contributed by atoms with Gasteiger partial charge in [0.25, 0.3) is 0 Å². The number of hydrogen-bond donors (Lipinski definition) is 1. The average molecular weight is 408 g/mol. The lowest BCUT2D eigenvalue weighted by Gasteiger charge is -2.35. The Kier molecular flexibility index (Phi) is 7.63. The fourth-order valence-electron chi connectivity index (χ4n) is 4.15. The van der Waals surface area contributed by atoms with Crippen LogP contribution in [0.1, 0.15) is 43.2 Å². The van der Waals surface area contributed by atoms with Crippen LogP contribution in [0.4, 0.5) is 11.4 Å². The zero-order valence-electron chi connectivity index (χ0n) is 18.4. The summed E-state index contributed by atoms with van der Waals surface area (Å²) in [7, 11) is 1.82. The molecule has 0 atom stereocenters. The molecule has 5 nitrogen and oxygen atoms in total. The number of anilines is 2. The maximum Gasteiger partial charge on any atom is 0.241 e. The molecule has 0 aliphatic heterocycles. The predicted molar refractivity (Wildman–Crippen MR) is 123 cm³/mol. The number of nitrogens with one attached hydrogen (secondary N) is 1. The lowest BCUT2D eigenvalue weighted by atomic mass is 9.93. The van der Waals surface area contributed by atoms with E-state index in [-0.39, 0.29) is 30.9 Å². The molecule has 3 rings (SSSR count). The highest BCUT2D eigenvalue weighted by atomic mass is 16.2. The van der Waals surface area contributed by atoms with Crippen LogP contribution in [-0.2, 0) is 9.59 Å². The Morgan fingerprint density at radius 2 is 1.67 bits per heavy atom. The molecule has 1 fully saturated rings. The Hall–Kier alpha value is -2.66. The van der Waals surface area contributed by atoms with Crippen LogP contribution in [0.15, 0.2) is 48.5 Å². The molecule has 160 valence electrons. The molecule has 1 N–H and O–H groups in total. The summed E-state index contributed by atoms with van der Waals surface area (Å²) in [5, 5.41) is 2.97. The number of hydrogen-bond acceptors (Lipinski definition) is 3. The molecule has 1 saturated carbocycles. The summed E-state index contributed by atoms with van der Waals surface area (Å²) in [5.74, 6) is -0.0573. The smallest absolute Gasteiger partial charge is 0.241 e. The second-order valence-electron chi connectivity index (χ2n) is 8.43. The fourth-order valence-corrected chi connectivity index (χ4v) is 4.15. The third-order valence-corrected chi connectivity index (χ3v) is 5.73. The van der Waals surface area contributed by atoms with Gasteiger partial charge in [-0.25, -0.2) is 0 Å². The van der Waals surface area contributed by atoms with E-state index in [1.165, 1.54) is 6.42 Å². The molecule has 1 aliphatic carbocycles. The highest BCUT2D eigenvalue weighted by Crippen LogP contribution is 2.27. The van der Waals surface area contributed by atoms with E-state index in [9.17, 15) is 9.59 Å². The van der Waals surface area contributed by atoms with Gasteiger partial charge in [-0.3, -0.25) is 14.5 Å². The maximum atomic E-state index is 13.2. The van der Waals surface area contributed by atoms with E-state index in [1.54, 1.807) is 4.90 Å². The maximum absolute atomic E-state index is 13.2. The van der Waals surface area contributed by atoms with Crippen LogP contribution in [-0.4, -0.2) is 42.9 Å². The van der Waals surface area contributed by atoms with Crippen molar-refractivity contribution in [3.63, 3.8) is 0 Å². The van der Waals surface area contributed by atoms with Gasteiger partial charge in [0.1, 0.15) is 0 Å². The fraction of sp³-hybridized carbons (Fsp3) is 0.440. The second kappa shape index (κ2) is 10.4. The number of amides is 2. The summed E-state index contributed by atoms with van der Waals surface area (Å²) >= 11 is 0. The van der Waals surface area contributed by atoms with Crippen molar-refractivity contribution in [2.45, 2.75) is 52.0 Å². The first kappa shape index (κ1) is 22.0. The van der Waals surface area contributed by atoms with Crippen LogP contribution in [0.25, 0.3) is 0 Å². The number of nitrogens with zero attached hydrogens (tertiary/aromatic N) is 2. The minimum atomic E-state index is -0.108. The number of para-hydroxylation sites is 1. The first-order chi connectivity index (χ1) is 14.4.